The topological polar surface area (TPSA) is 69.6 Å². The maximum absolute atomic E-state index is 5.44. The largest absolute Gasteiger partial charge is 0.382 e. The number of rotatable bonds is 1. The van der Waals surface area contributed by atoms with E-state index in [9.17, 15) is 0 Å². The SMILES string of the molecule is Cc1cc(C)n(-c2ccc(N)nn2)n1. The number of nitrogens with two attached hydrogens (primary N) is 1. The summed E-state index contributed by atoms with van der Waals surface area (Å²) in [5.41, 5.74) is 7.43. The summed E-state index contributed by atoms with van der Waals surface area (Å²) in [5, 5.41) is 12.0. The van der Waals surface area contributed by atoms with Gasteiger partial charge in [-0.25, -0.2) is 4.68 Å². The van der Waals surface area contributed by atoms with Gasteiger partial charge in [-0.05, 0) is 32.0 Å². The van der Waals surface area contributed by atoms with Gasteiger partial charge >= 0.3 is 0 Å². The number of nitrogen functional groups attached to an aromatic ring is 1. The van der Waals surface area contributed by atoms with E-state index in [4.69, 9.17) is 5.73 Å². The molecule has 0 saturated carbocycles. The van der Waals surface area contributed by atoms with Crippen LogP contribution in [-0.4, -0.2) is 20.0 Å². The van der Waals surface area contributed by atoms with Gasteiger partial charge in [0.1, 0.15) is 5.82 Å². The minimum absolute atomic E-state index is 0.412. The number of hydrogen-bond donors (Lipinski definition) is 1. The Morgan fingerprint density at radius 2 is 2.00 bits per heavy atom. The minimum Gasteiger partial charge on any atom is -0.382 e. The number of anilines is 1. The Balaban J connectivity index is 2.49. The molecule has 0 fully saturated rings. The van der Waals surface area contributed by atoms with E-state index in [0.29, 0.717) is 11.6 Å². The fourth-order valence-electron chi connectivity index (χ4n) is 1.31. The van der Waals surface area contributed by atoms with Crippen LogP contribution in [0, 0.1) is 13.8 Å². The summed E-state index contributed by atoms with van der Waals surface area (Å²) >= 11 is 0. The van der Waals surface area contributed by atoms with Crippen LogP contribution in [0.25, 0.3) is 5.82 Å². The summed E-state index contributed by atoms with van der Waals surface area (Å²) in [5.74, 6) is 1.10. The fourth-order valence-corrected chi connectivity index (χ4v) is 1.31. The Morgan fingerprint density at radius 3 is 2.50 bits per heavy atom. The molecule has 2 aromatic rings. The Hall–Kier alpha value is -1.91. The Kier molecular flexibility index (Phi) is 1.92. The highest BCUT2D eigenvalue weighted by molar-refractivity contribution is 5.32. The monoisotopic (exact) mass is 189 g/mol. The Bertz CT molecular complexity index is 443. The second-order valence-electron chi connectivity index (χ2n) is 3.16. The molecule has 0 radical (unpaired) electrons. The smallest absolute Gasteiger partial charge is 0.176 e. The van der Waals surface area contributed by atoms with Crippen LogP contribution < -0.4 is 5.73 Å². The fraction of sp³-hybridized carbons (Fsp3) is 0.222. The van der Waals surface area contributed by atoms with Crippen LogP contribution in [0.15, 0.2) is 18.2 Å². The van der Waals surface area contributed by atoms with Crippen molar-refractivity contribution >= 4 is 5.82 Å². The van der Waals surface area contributed by atoms with Crippen LogP contribution in [0.1, 0.15) is 11.4 Å². The molecule has 0 aliphatic heterocycles. The van der Waals surface area contributed by atoms with Crippen molar-refractivity contribution < 1.29 is 0 Å². The standard InChI is InChI=1S/C9H11N5/c1-6-5-7(2)14(13-6)9-4-3-8(10)11-12-9/h3-5H,1-2H3,(H2,10,11). The van der Waals surface area contributed by atoms with Gasteiger partial charge in [-0.1, -0.05) is 0 Å². The highest BCUT2D eigenvalue weighted by Gasteiger charge is 2.04. The number of nitrogens with zero attached hydrogens (tertiary/aromatic N) is 4. The van der Waals surface area contributed by atoms with Crippen LogP contribution in [-0.2, 0) is 0 Å². The van der Waals surface area contributed by atoms with Gasteiger partial charge in [0, 0.05) is 5.69 Å². The van der Waals surface area contributed by atoms with Crippen LogP contribution in [0.3, 0.4) is 0 Å². The highest BCUT2D eigenvalue weighted by Crippen LogP contribution is 2.08. The summed E-state index contributed by atoms with van der Waals surface area (Å²) < 4.78 is 1.74. The molecule has 0 aliphatic rings. The molecular weight excluding hydrogens is 178 g/mol. The predicted molar refractivity (Wildman–Crippen MR) is 53.0 cm³/mol. The average Bonchev–Trinajstić information content (AvgIpc) is 2.47. The zero-order chi connectivity index (χ0) is 10.1. The van der Waals surface area contributed by atoms with Crippen LogP contribution in [0.4, 0.5) is 5.82 Å². The lowest BCUT2D eigenvalue weighted by atomic mass is 10.4. The molecule has 2 rings (SSSR count). The average molecular weight is 189 g/mol. The molecule has 14 heavy (non-hydrogen) atoms. The number of aromatic nitrogens is 4. The number of hydrogen-bond acceptors (Lipinski definition) is 4. The molecule has 5 nitrogen and oxygen atoms in total. The normalized spacial score (nSPS) is 10.4. The zero-order valence-electron chi connectivity index (χ0n) is 8.10. The summed E-state index contributed by atoms with van der Waals surface area (Å²) in [6.45, 7) is 3.91. The van der Waals surface area contributed by atoms with E-state index in [1.54, 1.807) is 16.8 Å². The Morgan fingerprint density at radius 1 is 1.21 bits per heavy atom. The van der Waals surface area contributed by atoms with Crippen molar-refractivity contribution in [2.75, 3.05) is 5.73 Å². The molecule has 0 atom stereocenters. The second kappa shape index (κ2) is 3.10. The van der Waals surface area contributed by atoms with Crippen LogP contribution in [0.5, 0.6) is 0 Å². The molecule has 0 aliphatic carbocycles. The van der Waals surface area contributed by atoms with Gasteiger partial charge in [0.15, 0.2) is 5.82 Å². The lowest BCUT2D eigenvalue weighted by Gasteiger charge is -2.01. The van der Waals surface area contributed by atoms with E-state index in [1.807, 2.05) is 19.9 Å². The van der Waals surface area contributed by atoms with Crippen molar-refractivity contribution in [1.82, 2.24) is 20.0 Å². The molecule has 0 amide bonds. The quantitative estimate of drug-likeness (QED) is 0.722. The first-order valence-corrected chi connectivity index (χ1v) is 4.29. The maximum Gasteiger partial charge on any atom is 0.176 e. The molecular formula is C9H11N5. The lowest BCUT2D eigenvalue weighted by Crippen LogP contribution is -2.04. The molecule has 0 aromatic carbocycles. The van der Waals surface area contributed by atoms with E-state index in [-0.39, 0.29) is 0 Å². The van der Waals surface area contributed by atoms with E-state index < -0.39 is 0 Å². The molecule has 5 heteroatoms. The molecule has 0 bridgehead atoms. The zero-order valence-corrected chi connectivity index (χ0v) is 8.10. The summed E-state index contributed by atoms with van der Waals surface area (Å²) in [6, 6.07) is 5.48. The molecule has 2 aromatic heterocycles. The molecule has 72 valence electrons. The van der Waals surface area contributed by atoms with Gasteiger partial charge in [-0.15, -0.1) is 10.2 Å². The van der Waals surface area contributed by atoms with Crippen molar-refractivity contribution in [2.45, 2.75) is 13.8 Å². The van der Waals surface area contributed by atoms with Crippen molar-refractivity contribution in [3.63, 3.8) is 0 Å². The Labute approximate surface area is 81.6 Å². The second-order valence-corrected chi connectivity index (χ2v) is 3.16. The van der Waals surface area contributed by atoms with Crippen molar-refractivity contribution in [2.24, 2.45) is 0 Å². The summed E-state index contributed by atoms with van der Waals surface area (Å²) in [4.78, 5) is 0. The molecule has 0 unspecified atom stereocenters. The summed E-state index contributed by atoms with van der Waals surface area (Å²) in [7, 11) is 0. The van der Waals surface area contributed by atoms with Gasteiger partial charge in [-0.2, -0.15) is 5.10 Å². The van der Waals surface area contributed by atoms with Gasteiger partial charge in [0.25, 0.3) is 0 Å². The van der Waals surface area contributed by atoms with E-state index in [1.165, 1.54) is 0 Å². The van der Waals surface area contributed by atoms with Crippen molar-refractivity contribution in [3.05, 3.63) is 29.6 Å². The molecule has 2 heterocycles. The number of aryl methyl sites for hydroxylation is 2. The van der Waals surface area contributed by atoms with Gasteiger partial charge < -0.3 is 5.73 Å². The third-order valence-electron chi connectivity index (χ3n) is 1.90. The van der Waals surface area contributed by atoms with Gasteiger partial charge in [0.2, 0.25) is 0 Å². The summed E-state index contributed by atoms with van der Waals surface area (Å²) in [6.07, 6.45) is 0. The third kappa shape index (κ3) is 1.44. The van der Waals surface area contributed by atoms with Gasteiger partial charge in [0.05, 0.1) is 5.69 Å². The lowest BCUT2D eigenvalue weighted by molar-refractivity contribution is 0.783. The first kappa shape index (κ1) is 8.68. The molecule has 2 N–H and O–H groups in total. The first-order chi connectivity index (χ1) is 6.66. The predicted octanol–water partition coefficient (Wildman–Crippen LogP) is 0.861. The van der Waals surface area contributed by atoms with Crippen molar-refractivity contribution in [3.8, 4) is 5.82 Å². The third-order valence-corrected chi connectivity index (χ3v) is 1.90. The maximum atomic E-state index is 5.44. The van der Waals surface area contributed by atoms with E-state index in [2.05, 4.69) is 15.3 Å². The van der Waals surface area contributed by atoms with E-state index in [0.717, 1.165) is 11.4 Å². The first-order valence-electron chi connectivity index (χ1n) is 4.29. The van der Waals surface area contributed by atoms with Gasteiger partial charge in [-0.3, -0.25) is 0 Å². The van der Waals surface area contributed by atoms with Crippen molar-refractivity contribution in [1.29, 1.82) is 0 Å². The van der Waals surface area contributed by atoms with Crippen LogP contribution in [0.2, 0.25) is 0 Å². The molecule has 0 spiro atoms. The highest BCUT2D eigenvalue weighted by atomic mass is 15.3. The minimum atomic E-state index is 0.412. The molecule has 0 saturated heterocycles. The van der Waals surface area contributed by atoms with E-state index >= 15 is 0 Å². The van der Waals surface area contributed by atoms with Crippen LogP contribution >= 0.6 is 0 Å².